The van der Waals surface area contributed by atoms with Crippen LogP contribution in [0.15, 0.2) is 77.7 Å². The minimum Gasteiger partial charge on any atom is -0.488 e. The van der Waals surface area contributed by atoms with Gasteiger partial charge in [0.25, 0.3) is 10.0 Å². The van der Waals surface area contributed by atoms with Gasteiger partial charge in [-0.3, -0.25) is 9.52 Å². The van der Waals surface area contributed by atoms with Crippen molar-refractivity contribution in [3.63, 3.8) is 0 Å². The molecule has 10 nitrogen and oxygen atoms in total. The van der Waals surface area contributed by atoms with Crippen molar-refractivity contribution in [1.29, 1.82) is 0 Å². The summed E-state index contributed by atoms with van der Waals surface area (Å²) in [6.45, 7) is 3.87. The first-order chi connectivity index (χ1) is 20.0. The summed E-state index contributed by atoms with van der Waals surface area (Å²) >= 11 is 0. The summed E-state index contributed by atoms with van der Waals surface area (Å²) < 4.78 is 48.0. The molecule has 3 aromatic rings. The van der Waals surface area contributed by atoms with Crippen LogP contribution in [0.2, 0.25) is 0 Å². The van der Waals surface area contributed by atoms with Crippen LogP contribution in [-0.4, -0.2) is 74.2 Å². The van der Waals surface area contributed by atoms with Crippen molar-refractivity contribution in [2.24, 2.45) is 5.92 Å². The van der Waals surface area contributed by atoms with Crippen molar-refractivity contribution in [2.75, 3.05) is 36.8 Å². The third kappa shape index (κ3) is 7.56. The van der Waals surface area contributed by atoms with Gasteiger partial charge in [0.15, 0.2) is 0 Å². The molecular formula is C30H35FN4O6S. The number of nitrogens with zero attached hydrogens (tertiary/aromatic N) is 2. The fourth-order valence-corrected chi connectivity index (χ4v) is 5.68. The Bertz CT molecular complexity index is 1500. The number of para-hydroxylation sites is 1. The van der Waals surface area contributed by atoms with Gasteiger partial charge in [0.2, 0.25) is 5.91 Å². The van der Waals surface area contributed by atoms with E-state index in [9.17, 15) is 27.5 Å². The molecule has 4 rings (SSSR count). The quantitative estimate of drug-likeness (QED) is 0.361. The number of aliphatic hydroxyl groups is 1. The molecule has 0 unspecified atom stereocenters. The molecule has 1 heterocycles. The minimum atomic E-state index is -4.03. The van der Waals surface area contributed by atoms with Crippen molar-refractivity contribution in [1.82, 2.24) is 9.80 Å². The molecule has 0 bridgehead atoms. The first kappa shape index (κ1) is 30.8. The van der Waals surface area contributed by atoms with E-state index in [1.54, 1.807) is 37.1 Å². The largest absolute Gasteiger partial charge is 0.488 e. The van der Waals surface area contributed by atoms with E-state index in [-0.39, 0.29) is 54.6 Å². The summed E-state index contributed by atoms with van der Waals surface area (Å²) in [6, 6.07) is 17.3. The van der Waals surface area contributed by atoms with Crippen LogP contribution < -0.4 is 14.8 Å². The molecule has 3 amide bonds. The van der Waals surface area contributed by atoms with Crippen LogP contribution in [0.5, 0.6) is 5.75 Å². The molecule has 0 aliphatic carbocycles. The molecule has 0 saturated heterocycles. The third-order valence-corrected chi connectivity index (χ3v) is 8.52. The monoisotopic (exact) mass is 598 g/mol. The van der Waals surface area contributed by atoms with E-state index in [2.05, 4.69) is 10.0 Å². The normalized spacial score (nSPS) is 18.0. The second-order valence-electron chi connectivity index (χ2n) is 10.4. The lowest BCUT2D eigenvalue weighted by molar-refractivity contribution is -0.134. The highest BCUT2D eigenvalue weighted by Gasteiger charge is 2.32. The highest BCUT2D eigenvalue weighted by molar-refractivity contribution is 7.92. The number of halogens is 1. The summed E-state index contributed by atoms with van der Waals surface area (Å²) in [5, 5.41) is 12.7. The standard InChI is InChI=1S/C30H35FN4O6S/c1-20-17-35(21(2)19-36)29(37)16-22-15-25(33-42(39,40)26-12-9-23(31)10-13-26)11-14-27(22)41-28(20)18-34(3)30(38)32-24-7-5-4-6-8-24/h4-15,20-21,28,33,36H,16-19H2,1-3H3,(H,32,38)/t20-,21+,28-/m1/s1. The first-order valence-electron chi connectivity index (χ1n) is 13.5. The molecule has 0 aromatic heterocycles. The van der Waals surface area contributed by atoms with Gasteiger partial charge in [-0.15, -0.1) is 0 Å². The number of rotatable bonds is 8. The summed E-state index contributed by atoms with van der Waals surface area (Å²) in [7, 11) is -2.38. The number of sulfonamides is 1. The van der Waals surface area contributed by atoms with Crippen molar-refractivity contribution in [3.8, 4) is 5.75 Å². The maximum absolute atomic E-state index is 13.4. The fraction of sp³-hybridized carbons (Fsp3) is 0.333. The smallest absolute Gasteiger partial charge is 0.321 e. The van der Waals surface area contributed by atoms with E-state index in [0.29, 0.717) is 17.0 Å². The van der Waals surface area contributed by atoms with Crippen LogP contribution in [0.3, 0.4) is 0 Å². The number of nitrogens with one attached hydrogen (secondary N) is 2. The summed E-state index contributed by atoms with van der Waals surface area (Å²) in [4.78, 5) is 29.3. The van der Waals surface area contributed by atoms with E-state index < -0.39 is 28.0 Å². The fourth-order valence-electron chi connectivity index (χ4n) is 4.63. The van der Waals surface area contributed by atoms with Crippen LogP contribution in [0.1, 0.15) is 19.4 Å². The van der Waals surface area contributed by atoms with Gasteiger partial charge in [-0.1, -0.05) is 25.1 Å². The predicted molar refractivity (Wildman–Crippen MR) is 157 cm³/mol. The zero-order chi connectivity index (χ0) is 30.4. The molecule has 0 saturated carbocycles. The summed E-state index contributed by atoms with van der Waals surface area (Å²) in [6.07, 6.45) is -0.647. The number of hydrogen-bond acceptors (Lipinski definition) is 6. The predicted octanol–water partition coefficient (Wildman–Crippen LogP) is 3.94. The van der Waals surface area contributed by atoms with Gasteiger partial charge >= 0.3 is 6.03 Å². The second-order valence-corrected chi connectivity index (χ2v) is 12.1. The maximum Gasteiger partial charge on any atom is 0.321 e. The number of likely N-dealkylation sites (N-methyl/N-ethyl adjacent to an activating group) is 1. The topological polar surface area (TPSA) is 128 Å². The van der Waals surface area contributed by atoms with Gasteiger partial charge in [0.05, 0.1) is 30.5 Å². The van der Waals surface area contributed by atoms with Crippen LogP contribution in [0.4, 0.5) is 20.6 Å². The molecule has 1 aliphatic heterocycles. The molecule has 224 valence electrons. The highest BCUT2D eigenvalue weighted by Crippen LogP contribution is 2.30. The van der Waals surface area contributed by atoms with E-state index in [1.807, 2.05) is 25.1 Å². The lowest BCUT2D eigenvalue weighted by Crippen LogP contribution is -2.48. The van der Waals surface area contributed by atoms with Gasteiger partial charge in [-0.05, 0) is 61.5 Å². The number of urea groups is 1. The number of carbonyl (C=O) groups is 2. The van der Waals surface area contributed by atoms with Gasteiger partial charge in [-0.2, -0.15) is 0 Å². The zero-order valence-electron chi connectivity index (χ0n) is 23.7. The number of fused-ring (bicyclic) bond motifs is 1. The molecule has 3 atom stereocenters. The van der Waals surface area contributed by atoms with E-state index in [0.717, 1.165) is 24.3 Å². The molecule has 0 radical (unpaired) electrons. The van der Waals surface area contributed by atoms with Gasteiger partial charge in [-0.25, -0.2) is 17.6 Å². The Hall–Kier alpha value is -4.16. The van der Waals surface area contributed by atoms with Crippen molar-refractivity contribution >= 4 is 33.3 Å². The van der Waals surface area contributed by atoms with Gasteiger partial charge in [0, 0.05) is 36.4 Å². The molecule has 1 aliphatic rings. The van der Waals surface area contributed by atoms with Crippen LogP contribution in [0, 0.1) is 11.7 Å². The lowest BCUT2D eigenvalue weighted by Gasteiger charge is -2.34. The number of carbonyl (C=O) groups excluding carboxylic acids is 2. The number of hydrogen-bond donors (Lipinski definition) is 3. The lowest BCUT2D eigenvalue weighted by atomic mass is 10.0. The van der Waals surface area contributed by atoms with Crippen LogP contribution >= 0.6 is 0 Å². The third-order valence-electron chi connectivity index (χ3n) is 7.12. The van der Waals surface area contributed by atoms with Crippen LogP contribution in [0.25, 0.3) is 0 Å². The number of amides is 3. The Labute approximate surface area is 245 Å². The zero-order valence-corrected chi connectivity index (χ0v) is 24.5. The number of ether oxygens (including phenoxy) is 1. The van der Waals surface area contributed by atoms with Crippen molar-refractivity contribution in [3.05, 3.63) is 84.2 Å². The minimum absolute atomic E-state index is 0.102. The second kappa shape index (κ2) is 13.2. The van der Waals surface area contributed by atoms with Crippen molar-refractivity contribution < 1.29 is 32.2 Å². The number of benzene rings is 3. The highest BCUT2D eigenvalue weighted by atomic mass is 32.2. The Morgan fingerprint density at radius 2 is 1.81 bits per heavy atom. The van der Waals surface area contributed by atoms with E-state index in [1.165, 1.54) is 17.0 Å². The average Bonchev–Trinajstić information content (AvgIpc) is 3.00. The Morgan fingerprint density at radius 1 is 1.12 bits per heavy atom. The van der Waals surface area contributed by atoms with Gasteiger partial charge in [0.1, 0.15) is 17.7 Å². The van der Waals surface area contributed by atoms with Gasteiger partial charge < -0.3 is 25.0 Å². The Kier molecular flexibility index (Phi) is 9.69. The molecular weight excluding hydrogens is 563 g/mol. The van der Waals surface area contributed by atoms with Crippen molar-refractivity contribution in [2.45, 2.75) is 37.3 Å². The Balaban J connectivity index is 1.62. The number of anilines is 2. The summed E-state index contributed by atoms with van der Waals surface area (Å²) in [5.41, 5.74) is 1.27. The molecule has 12 heteroatoms. The SMILES string of the molecule is C[C@@H]1CN([C@@H](C)CO)C(=O)Cc2cc(NS(=O)(=O)c3ccc(F)cc3)ccc2O[C@@H]1CN(C)C(=O)Nc1ccccc1. The molecule has 3 aromatic carbocycles. The van der Waals surface area contributed by atoms with E-state index >= 15 is 0 Å². The van der Waals surface area contributed by atoms with Crippen LogP contribution in [-0.2, 0) is 21.2 Å². The summed E-state index contributed by atoms with van der Waals surface area (Å²) in [5.74, 6) is -0.684. The molecule has 3 N–H and O–H groups in total. The maximum atomic E-state index is 13.4. The molecule has 0 spiro atoms. The van der Waals surface area contributed by atoms with E-state index in [4.69, 9.17) is 4.74 Å². The average molecular weight is 599 g/mol. The number of aliphatic hydroxyl groups excluding tert-OH is 1. The molecule has 0 fully saturated rings. The molecule has 42 heavy (non-hydrogen) atoms. The Morgan fingerprint density at radius 3 is 2.48 bits per heavy atom. The first-order valence-corrected chi connectivity index (χ1v) is 15.0.